The van der Waals surface area contributed by atoms with Crippen molar-refractivity contribution in [3.05, 3.63) is 48.2 Å². The third-order valence-electron chi connectivity index (χ3n) is 3.36. The molecule has 0 atom stereocenters. The molecule has 0 radical (unpaired) electrons. The molecule has 2 heterocycles. The van der Waals surface area contributed by atoms with E-state index >= 15 is 0 Å². The summed E-state index contributed by atoms with van der Waals surface area (Å²) in [6.45, 7) is 3.37. The first-order chi connectivity index (χ1) is 10.3. The number of rotatable bonds is 5. The zero-order chi connectivity index (χ0) is 14.7. The number of fused-ring (bicyclic) bond motifs is 1. The van der Waals surface area contributed by atoms with Crippen LogP contribution in [0.25, 0.3) is 16.9 Å². The predicted octanol–water partition coefficient (Wildman–Crippen LogP) is 2.33. The van der Waals surface area contributed by atoms with E-state index in [-0.39, 0.29) is 0 Å². The number of aromatic nitrogens is 3. The summed E-state index contributed by atoms with van der Waals surface area (Å²) in [4.78, 5) is 4.71. The lowest BCUT2D eigenvalue weighted by Gasteiger charge is -2.09. The lowest BCUT2D eigenvalue weighted by Crippen LogP contribution is -2.15. The van der Waals surface area contributed by atoms with E-state index in [1.165, 1.54) is 0 Å². The first-order valence-electron chi connectivity index (χ1n) is 7.21. The van der Waals surface area contributed by atoms with Gasteiger partial charge in [-0.2, -0.15) is 9.61 Å². The van der Waals surface area contributed by atoms with E-state index in [2.05, 4.69) is 29.5 Å². The average Bonchev–Trinajstić information content (AvgIpc) is 2.96. The Balaban J connectivity index is 2.13. The molecule has 0 aliphatic rings. The van der Waals surface area contributed by atoms with Crippen molar-refractivity contribution >= 4 is 11.5 Å². The summed E-state index contributed by atoms with van der Waals surface area (Å²) in [6, 6.07) is 14.2. The van der Waals surface area contributed by atoms with Crippen LogP contribution in [0.3, 0.4) is 0 Å². The number of aryl methyl sites for hydroxylation is 1. The van der Waals surface area contributed by atoms with Crippen LogP contribution in [-0.2, 0) is 6.42 Å². The van der Waals surface area contributed by atoms with Crippen LogP contribution in [0, 0.1) is 0 Å². The van der Waals surface area contributed by atoms with Crippen LogP contribution in [0.1, 0.15) is 12.6 Å². The second-order valence-electron chi connectivity index (χ2n) is 4.87. The molecule has 0 unspecified atom stereocenters. The second kappa shape index (κ2) is 5.93. The first kappa shape index (κ1) is 13.6. The van der Waals surface area contributed by atoms with E-state index in [1.54, 1.807) is 0 Å². The molecular formula is C16H19N5. The van der Waals surface area contributed by atoms with Crippen molar-refractivity contribution in [2.75, 3.05) is 18.4 Å². The molecule has 5 nitrogen and oxygen atoms in total. The molecule has 5 heteroatoms. The van der Waals surface area contributed by atoms with Crippen molar-refractivity contribution < 1.29 is 0 Å². The van der Waals surface area contributed by atoms with Crippen molar-refractivity contribution in [2.45, 2.75) is 13.3 Å². The van der Waals surface area contributed by atoms with Crippen LogP contribution in [0.5, 0.6) is 0 Å². The fourth-order valence-corrected chi connectivity index (χ4v) is 2.28. The zero-order valence-electron chi connectivity index (χ0n) is 12.1. The molecule has 108 valence electrons. The summed E-state index contributed by atoms with van der Waals surface area (Å²) in [5, 5.41) is 7.89. The van der Waals surface area contributed by atoms with E-state index < -0.39 is 0 Å². The van der Waals surface area contributed by atoms with Crippen LogP contribution < -0.4 is 11.1 Å². The van der Waals surface area contributed by atoms with Gasteiger partial charge in [0.25, 0.3) is 0 Å². The van der Waals surface area contributed by atoms with Crippen LogP contribution in [0.2, 0.25) is 0 Å². The third-order valence-corrected chi connectivity index (χ3v) is 3.36. The number of benzene rings is 1. The Morgan fingerprint density at radius 3 is 2.71 bits per heavy atom. The van der Waals surface area contributed by atoms with Gasteiger partial charge in [-0.3, -0.25) is 0 Å². The topological polar surface area (TPSA) is 68.2 Å². The number of hydrogen-bond donors (Lipinski definition) is 2. The number of nitrogens with zero attached hydrogens (tertiary/aromatic N) is 3. The molecule has 0 spiro atoms. The van der Waals surface area contributed by atoms with Gasteiger partial charge >= 0.3 is 0 Å². The fourth-order valence-electron chi connectivity index (χ4n) is 2.28. The highest BCUT2D eigenvalue weighted by molar-refractivity contribution is 5.66. The van der Waals surface area contributed by atoms with Crippen molar-refractivity contribution in [3.63, 3.8) is 0 Å². The SMILES string of the molecule is CCc1cc2nc(-c3ccccc3)cc(NCCN)n2n1. The summed E-state index contributed by atoms with van der Waals surface area (Å²) in [5.74, 6) is 0.920. The summed E-state index contributed by atoms with van der Waals surface area (Å²) < 4.78 is 1.85. The van der Waals surface area contributed by atoms with Gasteiger partial charge in [-0.1, -0.05) is 37.3 Å². The molecule has 1 aromatic carbocycles. The Bertz CT molecular complexity index is 733. The monoisotopic (exact) mass is 281 g/mol. The van der Waals surface area contributed by atoms with Crippen LogP contribution in [-0.4, -0.2) is 27.7 Å². The van der Waals surface area contributed by atoms with Gasteiger partial charge in [0, 0.05) is 30.8 Å². The lowest BCUT2D eigenvalue weighted by molar-refractivity contribution is 0.878. The molecule has 0 bridgehead atoms. The summed E-state index contributed by atoms with van der Waals surface area (Å²) in [6.07, 6.45) is 0.889. The standard InChI is InChI=1S/C16H19N5/c1-2-13-10-16-19-14(12-6-4-3-5-7-12)11-15(18-9-8-17)21(16)20-13/h3-7,10-11,18H,2,8-9,17H2,1H3. The fraction of sp³-hybridized carbons (Fsp3) is 0.250. The Morgan fingerprint density at radius 2 is 2.00 bits per heavy atom. The molecule has 0 saturated heterocycles. The number of anilines is 1. The number of hydrogen-bond acceptors (Lipinski definition) is 4. The zero-order valence-corrected chi connectivity index (χ0v) is 12.1. The maximum atomic E-state index is 5.59. The quantitative estimate of drug-likeness (QED) is 0.753. The van der Waals surface area contributed by atoms with Crippen LogP contribution >= 0.6 is 0 Å². The minimum Gasteiger partial charge on any atom is -0.369 e. The van der Waals surface area contributed by atoms with E-state index in [0.29, 0.717) is 13.1 Å². The second-order valence-corrected chi connectivity index (χ2v) is 4.87. The van der Waals surface area contributed by atoms with Gasteiger partial charge in [0.15, 0.2) is 5.65 Å². The molecule has 0 amide bonds. The minimum atomic E-state index is 0.576. The first-order valence-corrected chi connectivity index (χ1v) is 7.21. The van der Waals surface area contributed by atoms with Gasteiger partial charge in [-0.15, -0.1) is 0 Å². The highest BCUT2D eigenvalue weighted by Crippen LogP contribution is 2.22. The van der Waals surface area contributed by atoms with Crippen molar-refractivity contribution in [1.29, 1.82) is 0 Å². The van der Waals surface area contributed by atoms with Crippen molar-refractivity contribution in [3.8, 4) is 11.3 Å². The highest BCUT2D eigenvalue weighted by Gasteiger charge is 2.09. The highest BCUT2D eigenvalue weighted by atomic mass is 15.3. The minimum absolute atomic E-state index is 0.576. The largest absolute Gasteiger partial charge is 0.369 e. The van der Waals surface area contributed by atoms with E-state index in [0.717, 1.165) is 34.8 Å². The van der Waals surface area contributed by atoms with E-state index in [4.69, 9.17) is 10.7 Å². The van der Waals surface area contributed by atoms with Crippen LogP contribution in [0.4, 0.5) is 5.82 Å². The Labute approximate surface area is 123 Å². The van der Waals surface area contributed by atoms with Crippen molar-refractivity contribution in [2.24, 2.45) is 5.73 Å². The van der Waals surface area contributed by atoms with Gasteiger partial charge in [-0.05, 0) is 6.42 Å². The molecule has 3 rings (SSSR count). The lowest BCUT2D eigenvalue weighted by atomic mass is 10.1. The van der Waals surface area contributed by atoms with Gasteiger partial charge in [0.2, 0.25) is 0 Å². The Kier molecular flexibility index (Phi) is 3.83. The average molecular weight is 281 g/mol. The summed E-state index contributed by atoms with van der Waals surface area (Å²) in [5.41, 5.74) is 9.51. The molecule has 0 fully saturated rings. The summed E-state index contributed by atoms with van der Waals surface area (Å²) in [7, 11) is 0. The summed E-state index contributed by atoms with van der Waals surface area (Å²) >= 11 is 0. The van der Waals surface area contributed by atoms with Gasteiger partial charge < -0.3 is 11.1 Å². The number of nitrogens with one attached hydrogen (secondary N) is 1. The molecule has 21 heavy (non-hydrogen) atoms. The van der Waals surface area contributed by atoms with Crippen LogP contribution in [0.15, 0.2) is 42.5 Å². The normalized spacial score (nSPS) is 11.0. The molecule has 0 aliphatic carbocycles. The third kappa shape index (κ3) is 2.73. The van der Waals surface area contributed by atoms with Crippen molar-refractivity contribution in [1.82, 2.24) is 14.6 Å². The molecule has 0 aliphatic heterocycles. The Morgan fingerprint density at radius 1 is 1.19 bits per heavy atom. The predicted molar refractivity (Wildman–Crippen MR) is 85.3 cm³/mol. The molecule has 3 N–H and O–H groups in total. The molecule has 0 saturated carbocycles. The maximum Gasteiger partial charge on any atom is 0.158 e. The Hall–Kier alpha value is -2.40. The number of nitrogens with two attached hydrogens (primary N) is 1. The van der Waals surface area contributed by atoms with Gasteiger partial charge in [0.05, 0.1) is 11.4 Å². The van der Waals surface area contributed by atoms with Gasteiger partial charge in [0.1, 0.15) is 5.82 Å². The molecule has 2 aromatic heterocycles. The van der Waals surface area contributed by atoms with Gasteiger partial charge in [-0.25, -0.2) is 4.98 Å². The molecular weight excluding hydrogens is 262 g/mol. The van der Waals surface area contributed by atoms with E-state index in [9.17, 15) is 0 Å². The van der Waals surface area contributed by atoms with E-state index in [1.807, 2.05) is 34.8 Å². The molecule has 3 aromatic rings. The smallest absolute Gasteiger partial charge is 0.158 e. The maximum absolute atomic E-state index is 5.59.